The summed E-state index contributed by atoms with van der Waals surface area (Å²) in [5.74, 6) is -0.171. The van der Waals surface area contributed by atoms with E-state index in [0.717, 1.165) is 5.56 Å². The average Bonchev–Trinajstić information content (AvgIpc) is 2.87. The summed E-state index contributed by atoms with van der Waals surface area (Å²) in [4.78, 5) is 13.6. The third-order valence-electron chi connectivity index (χ3n) is 2.99. The van der Waals surface area contributed by atoms with E-state index in [-0.39, 0.29) is 5.91 Å². The number of carbonyl (C=O) groups excluding carboxylic acids is 1. The summed E-state index contributed by atoms with van der Waals surface area (Å²) in [5.41, 5.74) is 6.94. The standard InChI is InChI=1S/C14H15N3O/c15-10-12-7-4-8-17(12)14(18)13(16)9-11-5-2-1-3-6-11/h1-7,12-13H,8-9,16H2/t12-,13?/m0/s1. The van der Waals surface area contributed by atoms with Gasteiger partial charge in [-0.25, -0.2) is 0 Å². The summed E-state index contributed by atoms with van der Waals surface area (Å²) in [5, 5.41) is 8.92. The number of hydrogen-bond donors (Lipinski definition) is 1. The van der Waals surface area contributed by atoms with Crippen molar-refractivity contribution >= 4 is 5.91 Å². The Bertz CT molecular complexity index is 490. The molecule has 0 aliphatic carbocycles. The number of nitrogens with two attached hydrogens (primary N) is 1. The van der Waals surface area contributed by atoms with Crippen LogP contribution in [-0.4, -0.2) is 29.4 Å². The van der Waals surface area contributed by atoms with Gasteiger partial charge in [0.05, 0.1) is 12.1 Å². The number of hydrogen-bond acceptors (Lipinski definition) is 3. The zero-order valence-corrected chi connectivity index (χ0v) is 9.99. The normalized spacial score (nSPS) is 19.6. The number of carbonyl (C=O) groups is 1. The van der Waals surface area contributed by atoms with E-state index >= 15 is 0 Å². The van der Waals surface area contributed by atoms with Crippen molar-refractivity contribution in [1.29, 1.82) is 5.26 Å². The van der Waals surface area contributed by atoms with Gasteiger partial charge in [0.1, 0.15) is 6.04 Å². The van der Waals surface area contributed by atoms with E-state index in [4.69, 9.17) is 11.0 Å². The molecule has 1 aromatic rings. The minimum Gasteiger partial charge on any atom is -0.320 e. The van der Waals surface area contributed by atoms with Crippen LogP contribution in [0.25, 0.3) is 0 Å². The van der Waals surface area contributed by atoms with E-state index < -0.39 is 12.1 Å². The Morgan fingerprint density at radius 1 is 1.50 bits per heavy atom. The molecule has 4 nitrogen and oxygen atoms in total. The van der Waals surface area contributed by atoms with Gasteiger partial charge in [0.25, 0.3) is 0 Å². The monoisotopic (exact) mass is 241 g/mol. The molecule has 1 aromatic carbocycles. The van der Waals surface area contributed by atoms with Crippen molar-refractivity contribution in [3.8, 4) is 6.07 Å². The van der Waals surface area contributed by atoms with Crippen LogP contribution >= 0.6 is 0 Å². The van der Waals surface area contributed by atoms with Gasteiger partial charge < -0.3 is 10.6 Å². The molecule has 4 heteroatoms. The summed E-state index contributed by atoms with van der Waals surface area (Å²) < 4.78 is 0. The van der Waals surface area contributed by atoms with Crippen molar-refractivity contribution in [2.45, 2.75) is 18.5 Å². The molecule has 2 atom stereocenters. The van der Waals surface area contributed by atoms with Crippen LogP contribution in [0.3, 0.4) is 0 Å². The highest BCUT2D eigenvalue weighted by atomic mass is 16.2. The fraction of sp³-hybridized carbons (Fsp3) is 0.286. The van der Waals surface area contributed by atoms with E-state index in [1.54, 1.807) is 6.08 Å². The Morgan fingerprint density at radius 2 is 2.22 bits per heavy atom. The second kappa shape index (κ2) is 5.48. The zero-order chi connectivity index (χ0) is 13.0. The first kappa shape index (κ1) is 12.3. The Labute approximate surface area is 106 Å². The summed E-state index contributed by atoms with van der Waals surface area (Å²) in [7, 11) is 0. The topological polar surface area (TPSA) is 70.1 Å². The first-order valence-corrected chi connectivity index (χ1v) is 5.88. The van der Waals surface area contributed by atoms with Crippen LogP contribution in [0.15, 0.2) is 42.5 Å². The highest BCUT2D eigenvalue weighted by molar-refractivity contribution is 5.83. The van der Waals surface area contributed by atoms with Crippen molar-refractivity contribution < 1.29 is 4.79 Å². The highest BCUT2D eigenvalue weighted by Crippen LogP contribution is 2.12. The maximum absolute atomic E-state index is 12.1. The number of benzene rings is 1. The summed E-state index contributed by atoms with van der Waals surface area (Å²) in [6.07, 6.45) is 4.04. The van der Waals surface area contributed by atoms with Gasteiger partial charge in [0.2, 0.25) is 5.91 Å². The third kappa shape index (κ3) is 2.58. The predicted molar refractivity (Wildman–Crippen MR) is 68.4 cm³/mol. The highest BCUT2D eigenvalue weighted by Gasteiger charge is 2.28. The van der Waals surface area contributed by atoms with Crippen LogP contribution < -0.4 is 5.73 Å². The SMILES string of the molecule is N#C[C@@H]1C=CCN1C(=O)C(N)Cc1ccccc1. The van der Waals surface area contributed by atoms with Crippen molar-refractivity contribution in [3.05, 3.63) is 48.0 Å². The predicted octanol–water partition coefficient (Wildman–Crippen LogP) is 0.847. The van der Waals surface area contributed by atoms with Crippen molar-refractivity contribution in [3.63, 3.8) is 0 Å². The minimum atomic E-state index is -0.594. The van der Waals surface area contributed by atoms with Gasteiger partial charge in [-0.3, -0.25) is 4.79 Å². The molecule has 1 amide bonds. The molecule has 0 radical (unpaired) electrons. The number of nitrogens with zero attached hydrogens (tertiary/aromatic N) is 2. The van der Waals surface area contributed by atoms with Gasteiger partial charge >= 0.3 is 0 Å². The molecule has 0 saturated heterocycles. The summed E-state index contributed by atoms with van der Waals surface area (Å²) >= 11 is 0. The van der Waals surface area contributed by atoms with E-state index in [2.05, 4.69) is 6.07 Å². The first-order valence-electron chi connectivity index (χ1n) is 5.88. The van der Waals surface area contributed by atoms with Crippen molar-refractivity contribution in [1.82, 2.24) is 4.90 Å². The van der Waals surface area contributed by atoms with Gasteiger partial charge in [-0.1, -0.05) is 36.4 Å². The molecule has 92 valence electrons. The lowest BCUT2D eigenvalue weighted by atomic mass is 10.1. The molecule has 0 spiro atoms. The van der Waals surface area contributed by atoms with E-state index in [1.807, 2.05) is 36.4 Å². The summed E-state index contributed by atoms with van der Waals surface area (Å²) in [6, 6.07) is 10.7. The molecule has 1 heterocycles. The fourth-order valence-corrected chi connectivity index (χ4v) is 2.03. The van der Waals surface area contributed by atoms with Gasteiger partial charge in [-0.2, -0.15) is 5.26 Å². The number of nitriles is 1. The molecule has 0 saturated carbocycles. The molecule has 0 fully saturated rings. The lowest BCUT2D eigenvalue weighted by molar-refractivity contribution is -0.132. The quantitative estimate of drug-likeness (QED) is 0.797. The second-order valence-electron chi connectivity index (χ2n) is 4.29. The minimum absolute atomic E-state index is 0.171. The summed E-state index contributed by atoms with van der Waals surface area (Å²) in [6.45, 7) is 0.472. The van der Waals surface area contributed by atoms with Crippen molar-refractivity contribution in [2.24, 2.45) is 5.73 Å². The molecule has 0 bridgehead atoms. The van der Waals surface area contributed by atoms with E-state index in [1.165, 1.54) is 4.90 Å². The van der Waals surface area contributed by atoms with Gasteiger partial charge in [0.15, 0.2) is 0 Å². The molecular weight excluding hydrogens is 226 g/mol. The molecular formula is C14H15N3O. The van der Waals surface area contributed by atoms with Gasteiger partial charge in [-0.15, -0.1) is 0 Å². The third-order valence-corrected chi connectivity index (χ3v) is 2.99. The molecule has 1 aliphatic heterocycles. The molecule has 1 aliphatic rings. The molecule has 2 rings (SSSR count). The van der Waals surface area contributed by atoms with Gasteiger partial charge in [-0.05, 0) is 18.1 Å². The molecule has 1 unspecified atom stereocenters. The molecule has 18 heavy (non-hydrogen) atoms. The average molecular weight is 241 g/mol. The molecule has 0 aromatic heterocycles. The Hall–Kier alpha value is -2.12. The van der Waals surface area contributed by atoms with Crippen LogP contribution in [0, 0.1) is 11.3 Å². The zero-order valence-electron chi connectivity index (χ0n) is 9.99. The van der Waals surface area contributed by atoms with Crippen LogP contribution in [0.5, 0.6) is 0 Å². The molecule has 2 N–H and O–H groups in total. The Kier molecular flexibility index (Phi) is 3.75. The Balaban J connectivity index is 2.00. The lowest BCUT2D eigenvalue weighted by Gasteiger charge is -2.23. The largest absolute Gasteiger partial charge is 0.320 e. The van der Waals surface area contributed by atoms with Crippen LogP contribution in [0.4, 0.5) is 0 Å². The maximum Gasteiger partial charge on any atom is 0.241 e. The maximum atomic E-state index is 12.1. The number of rotatable bonds is 3. The van der Waals surface area contributed by atoms with Crippen LogP contribution in [0.1, 0.15) is 5.56 Å². The van der Waals surface area contributed by atoms with Crippen molar-refractivity contribution in [2.75, 3.05) is 6.54 Å². The fourth-order valence-electron chi connectivity index (χ4n) is 2.03. The number of amides is 1. The van der Waals surface area contributed by atoms with Gasteiger partial charge in [0, 0.05) is 6.54 Å². The van der Waals surface area contributed by atoms with E-state index in [0.29, 0.717) is 13.0 Å². The first-order chi connectivity index (χ1) is 8.72. The lowest BCUT2D eigenvalue weighted by Crippen LogP contribution is -2.46. The Morgan fingerprint density at radius 3 is 2.89 bits per heavy atom. The van der Waals surface area contributed by atoms with Crippen LogP contribution in [-0.2, 0) is 11.2 Å². The van der Waals surface area contributed by atoms with E-state index in [9.17, 15) is 4.79 Å². The second-order valence-corrected chi connectivity index (χ2v) is 4.29. The smallest absolute Gasteiger partial charge is 0.241 e. The van der Waals surface area contributed by atoms with Crippen LogP contribution in [0.2, 0.25) is 0 Å².